The Morgan fingerprint density at radius 1 is 1.27 bits per heavy atom. The van der Waals surface area contributed by atoms with Crippen LogP contribution >= 0.6 is 11.3 Å². The van der Waals surface area contributed by atoms with Crippen molar-refractivity contribution in [3.63, 3.8) is 0 Å². The first-order chi connectivity index (χ1) is 7.08. The first-order valence-electron chi connectivity index (χ1n) is 5.70. The van der Waals surface area contributed by atoms with Crippen LogP contribution in [0.5, 0.6) is 0 Å². The summed E-state index contributed by atoms with van der Waals surface area (Å²) in [5, 5.41) is 11.2. The molecule has 1 aromatic rings. The smallest absolute Gasteiger partial charge is 0.0903 e. The van der Waals surface area contributed by atoms with Gasteiger partial charge < -0.3 is 5.11 Å². The minimum atomic E-state index is -0.318. The lowest BCUT2D eigenvalue weighted by Crippen LogP contribution is -2.05. The van der Waals surface area contributed by atoms with Crippen molar-refractivity contribution >= 4 is 11.3 Å². The predicted octanol–water partition coefficient (Wildman–Crippen LogP) is 3.62. The van der Waals surface area contributed by atoms with Crippen LogP contribution in [0, 0.1) is 19.8 Å². The zero-order valence-electron chi connectivity index (χ0n) is 10.1. The molecule has 3 heteroatoms. The molecule has 1 heterocycles. The lowest BCUT2D eigenvalue weighted by Gasteiger charge is -2.16. The van der Waals surface area contributed by atoms with E-state index in [-0.39, 0.29) is 6.10 Å². The monoisotopic (exact) mass is 227 g/mol. The second-order valence-corrected chi connectivity index (χ2v) is 5.35. The Kier molecular flexibility index (Phi) is 4.74. The second-order valence-electron chi connectivity index (χ2n) is 4.12. The highest BCUT2D eigenvalue weighted by Gasteiger charge is 2.17. The van der Waals surface area contributed by atoms with Crippen molar-refractivity contribution in [2.24, 2.45) is 5.92 Å². The Hall–Kier alpha value is -0.410. The normalized spacial score (nSPS) is 13.5. The third-order valence-corrected chi connectivity index (χ3v) is 4.13. The molecule has 0 aliphatic heterocycles. The SMILES string of the molecule is CCC(CC)CC(O)c1sc(C)nc1C. The maximum absolute atomic E-state index is 10.1. The number of aromatic nitrogens is 1. The van der Waals surface area contributed by atoms with Crippen LogP contribution < -0.4 is 0 Å². The number of rotatable bonds is 5. The highest BCUT2D eigenvalue weighted by Crippen LogP contribution is 2.30. The van der Waals surface area contributed by atoms with E-state index in [1.807, 2.05) is 13.8 Å². The van der Waals surface area contributed by atoms with Crippen LogP contribution in [0.15, 0.2) is 0 Å². The Bertz CT molecular complexity index is 305. The fourth-order valence-corrected chi connectivity index (χ4v) is 2.83. The number of aryl methyl sites for hydroxylation is 2. The number of nitrogens with zero attached hydrogens (tertiary/aromatic N) is 1. The third kappa shape index (κ3) is 3.28. The van der Waals surface area contributed by atoms with Crippen LogP contribution in [0.25, 0.3) is 0 Å². The molecule has 0 saturated heterocycles. The summed E-state index contributed by atoms with van der Waals surface area (Å²) in [6.45, 7) is 8.34. The average molecular weight is 227 g/mol. The highest BCUT2D eigenvalue weighted by molar-refractivity contribution is 7.11. The van der Waals surface area contributed by atoms with E-state index in [2.05, 4.69) is 18.8 Å². The van der Waals surface area contributed by atoms with E-state index in [4.69, 9.17) is 0 Å². The van der Waals surface area contributed by atoms with E-state index in [0.29, 0.717) is 5.92 Å². The summed E-state index contributed by atoms with van der Waals surface area (Å²) >= 11 is 1.62. The molecular weight excluding hydrogens is 206 g/mol. The van der Waals surface area contributed by atoms with Crippen molar-refractivity contribution in [3.8, 4) is 0 Å². The van der Waals surface area contributed by atoms with Crippen molar-refractivity contribution in [1.29, 1.82) is 0 Å². The molecule has 86 valence electrons. The van der Waals surface area contributed by atoms with Gasteiger partial charge in [-0.2, -0.15) is 0 Å². The molecule has 1 atom stereocenters. The molecule has 1 unspecified atom stereocenters. The van der Waals surface area contributed by atoms with Crippen LogP contribution in [0.3, 0.4) is 0 Å². The fraction of sp³-hybridized carbons (Fsp3) is 0.750. The molecule has 0 bridgehead atoms. The van der Waals surface area contributed by atoms with E-state index in [9.17, 15) is 5.11 Å². The largest absolute Gasteiger partial charge is 0.387 e. The van der Waals surface area contributed by atoms with Gasteiger partial charge in [0.25, 0.3) is 0 Å². The summed E-state index contributed by atoms with van der Waals surface area (Å²) in [5.74, 6) is 0.627. The highest BCUT2D eigenvalue weighted by atomic mass is 32.1. The van der Waals surface area contributed by atoms with Crippen LogP contribution in [0.2, 0.25) is 0 Å². The first-order valence-corrected chi connectivity index (χ1v) is 6.52. The zero-order chi connectivity index (χ0) is 11.4. The van der Waals surface area contributed by atoms with E-state index < -0.39 is 0 Å². The molecule has 2 nitrogen and oxygen atoms in total. The number of hydrogen-bond acceptors (Lipinski definition) is 3. The molecule has 0 aliphatic carbocycles. The van der Waals surface area contributed by atoms with Crippen molar-refractivity contribution in [3.05, 3.63) is 15.6 Å². The van der Waals surface area contributed by atoms with E-state index in [1.165, 1.54) is 0 Å². The molecule has 1 N–H and O–H groups in total. The van der Waals surface area contributed by atoms with Gasteiger partial charge in [0.15, 0.2) is 0 Å². The second kappa shape index (κ2) is 5.61. The molecule has 1 rings (SSSR count). The van der Waals surface area contributed by atoms with Gasteiger partial charge in [-0.3, -0.25) is 0 Å². The standard InChI is InChI=1S/C12H21NOS/c1-5-10(6-2)7-11(14)12-8(3)13-9(4)15-12/h10-11,14H,5-7H2,1-4H3. The number of aliphatic hydroxyl groups excluding tert-OH is 1. The molecule has 0 aliphatic rings. The number of thiazole rings is 1. The molecule has 0 fully saturated rings. The Balaban J connectivity index is 2.67. The Morgan fingerprint density at radius 2 is 1.87 bits per heavy atom. The third-order valence-electron chi connectivity index (χ3n) is 2.95. The summed E-state index contributed by atoms with van der Waals surface area (Å²) in [7, 11) is 0. The molecule has 0 aromatic carbocycles. The van der Waals surface area contributed by atoms with Crippen molar-refractivity contribution in [2.75, 3.05) is 0 Å². The van der Waals surface area contributed by atoms with E-state index in [0.717, 1.165) is 34.8 Å². The first kappa shape index (κ1) is 12.7. The fourth-order valence-electron chi connectivity index (χ4n) is 1.90. The Labute approximate surface area is 96.4 Å². The molecule has 1 aromatic heterocycles. The molecule has 0 radical (unpaired) electrons. The average Bonchev–Trinajstić information content (AvgIpc) is 2.54. The molecular formula is C12H21NOS. The van der Waals surface area contributed by atoms with E-state index in [1.54, 1.807) is 11.3 Å². The van der Waals surface area contributed by atoms with Crippen LogP contribution in [-0.4, -0.2) is 10.1 Å². The maximum atomic E-state index is 10.1. The quantitative estimate of drug-likeness (QED) is 0.833. The van der Waals surface area contributed by atoms with Gasteiger partial charge in [-0.25, -0.2) is 4.98 Å². The minimum Gasteiger partial charge on any atom is -0.387 e. The number of aliphatic hydroxyl groups is 1. The minimum absolute atomic E-state index is 0.318. The van der Waals surface area contributed by atoms with Gasteiger partial charge in [-0.1, -0.05) is 26.7 Å². The van der Waals surface area contributed by atoms with Crippen molar-refractivity contribution in [2.45, 2.75) is 53.1 Å². The van der Waals surface area contributed by atoms with Crippen molar-refractivity contribution in [1.82, 2.24) is 4.98 Å². The summed E-state index contributed by atoms with van der Waals surface area (Å²) in [6.07, 6.45) is 2.84. The van der Waals surface area contributed by atoms with Crippen LogP contribution in [0.1, 0.15) is 54.8 Å². The van der Waals surface area contributed by atoms with Gasteiger partial charge in [0.1, 0.15) is 0 Å². The molecule has 15 heavy (non-hydrogen) atoms. The zero-order valence-corrected chi connectivity index (χ0v) is 10.9. The lowest BCUT2D eigenvalue weighted by molar-refractivity contribution is 0.144. The van der Waals surface area contributed by atoms with Gasteiger partial charge in [0.2, 0.25) is 0 Å². The van der Waals surface area contributed by atoms with E-state index >= 15 is 0 Å². The predicted molar refractivity (Wildman–Crippen MR) is 65.2 cm³/mol. The molecule has 0 spiro atoms. The summed E-state index contributed by atoms with van der Waals surface area (Å²) in [6, 6.07) is 0. The van der Waals surface area contributed by atoms with Crippen LogP contribution in [0.4, 0.5) is 0 Å². The summed E-state index contributed by atoms with van der Waals surface area (Å²) < 4.78 is 0. The van der Waals surface area contributed by atoms with Gasteiger partial charge in [-0.15, -0.1) is 11.3 Å². The summed E-state index contributed by atoms with van der Waals surface area (Å²) in [5.41, 5.74) is 0.996. The van der Waals surface area contributed by atoms with Gasteiger partial charge in [-0.05, 0) is 26.2 Å². The van der Waals surface area contributed by atoms with Crippen molar-refractivity contribution < 1.29 is 5.11 Å². The lowest BCUT2D eigenvalue weighted by atomic mass is 9.95. The Morgan fingerprint density at radius 3 is 2.27 bits per heavy atom. The molecule has 0 amide bonds. The number of hydrogen-bond donors (Lipinski definition) is 1. The van der Waals surface area contributed by atoms with Gasteiger partial charge in [0, 0.05) is 0 Å². The van der Waals surface area contributed by atoms with Crippen LogP contribution in [-0.2, 0) is 0 Å². The topological polar surface area (TPSA) is 33.1 Å². The van der Waals surface area contributed by atoms with Gasteiger partial charge in [0.05, 0.1) is 21.7 Å². The van der Waals surface area contributed by atoms with Gasteiger partial charge >= 0.3 is 0 Å². The maximum Gasteiger partial charge on any atom is 0.0903 e. The summed E-state index contributed by atoms with van der Waals surface area (Å²) in [4.78, 5) is 5.40. The molecule has 0 saturated carbocycles.